The summed E-state index contributed by atoms with van der Waals surface area (Å²) in [5.74, 6) is 2.44. The number of ether oxygens (including phenoxy) is 1. The number of urea groups is 1. The van der Waals surface area contributed by atoms with E-state index >= 15 is 0 Å². The molecule has 2 aliphatic heterocycles. The van der Waals surface area contributed by atoms with Crippen LogP contribution in [0.2, 0.25) is 5.02 Å². The SMILES string of the molecule is Cc1ccc2c(c1)Oc1ccc(C)cc1C(N1CCN(C(=O)Nc3cccc(Cl)c3)CC1)=N2. The maximum Gasteiger partial charge on any atom is 0.321 e. The maximum atomic E-state index is 12.8. The zero-order valence-corrected chi connectivity index (χ0v) is 19.4. The number of carbonyl (C=O) groups is 1. The lowest BCUT2D eigenvalue weighted by molar-refractivity contribution is 0.181. The van der Waals surface area contributed by atoms with Crippen LogP contribution in [0.25, 0.3) is 0 Å². The number of nitrogens with one attached hydrogen (secondary N) is 1. The number of halogens is 1. The van der Waals surface area contributed by atoms with Gasteiger partial charge in [-0.3, -0.25) is 0 Å². The number of fused-ring (bicyclic) bond motifs is 2. The first-order chi connectivity index (χ1) is 16.0. The molecule has 7 heteroatoms. The summed E-state index contributed by atoms with van der Waals surface area (Å²) in [6.45, 7) is 6.65. The minimum Gasteiger partial charge on any atom is -0.454 e. The van der Waals surface area contributed by atoms with Gasteiger partial charge in [0.15, 0.2) is 5.75 Å². The van der Waals surface area contributed by atoms with Crippen molar-refractivity contribution in [3.63, 3.8) is 0 Å². The first kappa shape index (κ1) is 21.3. The van der Waals surface area contributed by atoms with Gasteiger partial charge in [0, 0.05) is 36.9 Å². The van der Waals surface area contributed by atoms with Gasteiger partial charge >= 0.3 is 6.03 Å². The van der Waals surface area contributed by atoms with Crippen LogP contribution in [-0.4, -0.2) is 47.8 Å². The van der Waals surface area contributed by atoms with Crippen molar-refractivity contribution in [2.24, 2.45) is 4.99 Å². The number of anilines is 1. The summed E-state index contributed by atoms with van der Waals surface area (Å²) in [4.78, 5) is 21.8. The van der Waals surface area contributed by atoms with E-state index in [2.05, 4.69) is 29.3 Å². The van der Waals surface area contributed by atoms with Gasteiger partial charge in [0.25, 0.3) is 0 Å². The quantitative estimate of drug-likeness (QED) is 0.485. The van der Waals surface area contributed by atoms with E-state index < -0.39 is 0 Å². The number of aryl methyl sites for hydroxylation is 2. The number of aliphatic imine (C=N–C) groups is 1. The highest BCUT2D eigenvalue weighted by Gasteiger charge is 2.27. The van der Waals surface area contributed by atoms with Crippen molar-refractivity contribution in [3.05, 3.63) is 82.4 Å². The third-order valence-corrected chi connectivity index (χ3v) is 6.11. The summed E-state index contributed by atoms with van der Waals surface area (Å²) < 4.78 is 6.27. The average molecular weight is 461 g/mol. The fourth-order valence-corrected chi connectivity index (χ4v) is 4.32. The predicted molar refractivity (Wildman–Crippen MR) is 132 cm³/mol. The first-order valence-electron chi connectivity index (χ1n) is 11.0. The van der Waals surface area contributed by atoms with Crippen molar-refractivity contribution in [3.8, 4) is 11.5 Å². The Hall–Kier alpha value is -3.51. The first-order valence-corrected chi connectivity index (χ1v) is 11.4. The van der Waals surface area contributed by atoms with E-state index in [9.17, 15) is 4.79 Å². The molecule has 0 spiro atoms. The molecule has 1 fully saturated rings. The molecule has 0 saturated carbocycles. The Balaban J connectivity index is 1.37. The van der Waals surface area contributed by atoms with Crippen LogP contribution in [0.1, 0.15) is 16.7 Å². The van der Waals surface area contributed by atoms with Crippen LogP contribution in [0.15, 0.2) is 65.7 Å². The van der Waals surface area contributed by atoms with Crippen LogP contribution in [0.3, 0.4) is 0 Å². The standard InChI is InChI=1S/C26H25ClN4O2/c1-17-7-9-23-21(14-17)25(29-22-8-6-18(2)15-24(22)33-23)30-10-12-31(13-11-30)26(32)28-20-5-3-4-19(27)16-20/h3-9,14-16H,10-13H2,1-2H3,(H,28,32). The van der Waals surface area contributed by atoms with Gasteiger partial charge in [-0.25, -0.2) is 9.79 Å². The summed E-state index contributed by atoms with van der Waals surface area (Å²) in [5, 5.41) is 3.53. The lowest BCUT2D eigenvalue weighted by atomic mass is 10.1. The number of hydrogen-bond acceptors (Lipinski definition) is 4. The van der Waals surface area contributed by atoms with E-state index in [1.165, 1.54) is 0 Å². The second kappa shape index (κ2) is 8.79. The minimum atomic E-state index is -0.125. The highest BCUT2D eigenvalue weighted by atomic mass is 35.5. The summed E-state index contributed by atoms with van der Waals surface area (Å²) >= 11 is 6.03. The Bertz CT molecular complexity index is 1250. The number of amides is 2. The number of rotatable bonds is 1. The number of amidine groups is 1. The molecule has 168 valence electrons. The summed E-state index contributed by atoms with van der Waals surface area (Å²) in [7, 11) is 0. The molecule has 1 saturated heterocycles. The fourth-order valence-electron chi connectivity index (χ4n) is 4.13. The number of carbonyl (C=O) groups excluding carboxylic acids is 1. The molecule has 0 bridgehead atoms. The Kier molecular flexibility index (Phi) is 5.68. The van der Waals surface area contributed by atoms with Crippen molar-refractivity contribution in [1.29, 1.82) is 0 Å². The number of benzene rings is 3. The highest BCUT2D eigenvalue weighted by molar-refractivity contribution is 6.30. The normalized spacial score (nSPS) is 15.1. The zero-order valence-electron chi connectivity index (χ0n) is 18.6. The van der Waals surface area contributed by atoms with Crippen molar-refractivity contribution in [2.45, 2.75) is 13.8 Å². The molecule has 2 heterocycles. The molecule has 2 amide bonds. The largest absolute Gasteiger partial charge is 0.454 e. The molecular formula is C26H25ClN4O2. The molecule has 33 heavy (non-hydrogen) atoms. The molecule has 0 unspecified atom stereocenters. The zero-order chi connectivity index (χ0) is 22.9. The molecule has 0 aliphatic carbocycles. The van der Waals surface area contributed by atoms with Crippen LogP contribution in [0.5, 0.6) is 11.5 Å². The fraction of sp³-hybridized carbons (Fsp3) is 0.231. The molecular weight excluding hydrogens is 436 g/mol. The van der Waals surface area contributed by atoms with Crippen LogP contribution < -0.4 is 10.1 Å². The van der Waals surface area contributed by atoms with Crippen LogP contribution in [0.4, 0.5) is 16.2 Å². The van der Waals surface area contributed by atoms with E-state index in [4.69, 9.17) is 21.3 Å². The molecule has 0 atom stereocenters. The van der Waals surface area contributed by atoms with Crippen molar-refractivity contribution in [2.75, 3.05) is 31.5 Å². The van der Waals surface area contributed by atoms with E-state index in [1.54, 1.807) is 12.1 Å². The maximum absolute atomic E-state index is 12.8. The minimum absolute atomic E-state index is 0.125. The predicted octanol–water partition coefficient (Wildman–Crippen LogP) is 5.99. The van der Waals surface area contributed by atoms with Crippen molar-refractivity contribution in [1.82, 2.24) is 9.80 Å². The van der Waals surface area contributed by atoms with E-state index in [0.717, 1.165) is 39.7 Å². The third kappa shape index (κ3) is 4.52. The number of piperazine rings is 1. The Labute approximate surface area is 198 Å². The van der Waals surface area contributed by atoms with Crippen LogP contribution >= 0.6 is 11.6 Å². The summed E-state index contributed by atoms with van der Waals surface area (Å²) in [6.07, 6.45) is 0. The lowest BCUT2D eigenvalue weighted by Gasteiger charge is -2.36. The van der Waals surface area contributed by atoms with Crippen molar-refractivity contribution < 1.29 is 9.53 Å². The Morgan fingerprint density at radius 3 is 2.48 bits per heavy atom. The summed E-state index contributed by atoms with van der Waals surface area (Å²) in [5.41, 5.74) is 4.75. The second-order valence-electron chi connectivity index (χ2n) is 8.42. The smallest absolute Gasteiger partial charge is 0.321 e. The molecule has 3 aromatic rings. The van der Waals surface area contributed by atoms with Gasteiger partial charge in [-0.2, -0.15) is 0 Å². The average Bonchev–Trinajstić information content (AvgIpc) is 2.95. The molecule has 3 aromatic carbocycles. The Morgan fingerprint density at radius 2 is 1.70 bits per heavy atom. The monoisotopic (exact) mass is 460 g/mol. The summed E-state index contributed by atoms with van der Waals surface area (Å²) in [6, 6.07) is 19.3. The molecule has 2 aliphatic rings. The van der Waals surface area contributed by atoms with E-state index in [1.807, 2.05) is 48.2 Å². The van der Waals surface area contributed by atoms with Crippen molar-refractivity contribution >= 4 is 34.8 Å². The molecule has 1 N–H and O–H groups in total. The topological polar surface area (TPSA) is 57.2 Å². The van der Waals surface area contributed by atoms with Gasteiger partial charge in [-0.1, -0.05) is 35.4 Å². The van der Waals surface area contributed by atoms with Gasteiger partial charge in [-0.05, 0) is 61.9 Å². The molecule has 0 radical (unpaired) electrons. The van der Waals surface area contributed by atoms with Gasteiger partial charge in [-0.15, -0.1) is 0 Å². The molecule has 5 rings (SSSR count). The second-order valence-corrected chi connectivity index (χ2v) is 8.86. The lowest BCUT2D eigenvalue weighted by Crippen LogP contribution is -2.51. The van der Waals surface area contributed by atoms with E-state index in [0.29, 0.717) is 36.9 Å². The Morgan fingerprint density at radius 1 is 0.939 bits per heavy atom. The van der Waals surface area contributed by atoms with Gasteiger partial charge in [0.1, 0.15) is 17.3 Å². The number of nitrogens with zero attached hydrogens (tertiary/aromatic N) is 3. The third-order valence-electron chi connectivity index (χ3n) is 5.88. The highest BCUT2D eigenvalue weighted by Crippen LogP contribution is 2.39. The number of hydrogen-bond donors (Lipinski definition) is 1. The molecule has 6 nitrogen and oxygen atoms in total. The van der Waals surface area contributed by atoms with Crippen LogP contribution in [-0.2, 0) is 0 Å². The van der Waals surface area contributed by atoms with E-state index in [-0.39, 0.29) is 6.03 Å². The molecule has 0 aromatic heterocycles. The van der Waals surface area contributed by atoms with Gasteiger partial charge < -0.3 is 19.9 Å². The van der Waals surface area contributed by atoms with Crippen LogP contribution in [0, 0.1) is 13.8 Å². The van der Waals surface area contributed by atoms with Gasteiger partial charge in [0.2, 0.25) is 0 Å². The van der Waals surface area contributed by atoms with Gasteiger partial charge in [0.05, 0.1) is 5.56 Å².